The number of ether oxygens (including phenoxy) is 1. The Morgan fingerprint density at radius 2 is 2.00 bits per heavy atom. The van der Waals surface area contributed by atoms with Gasteiger partial charge in [0.1, 0.15) is 5.60 Å². The second kappa shape index (κ2) is 7.16. The normalized spacial score (nSPS) is 11.3. The zero-order valence-corrected chi connectivity index (χ0v) is 13.3. The predicted molar refractivity (Wildman–Crippen MR) is 80.2 cm³/mol. The number of benzene rings is 1. The molecular formula is C14H19Cl2NO3. The van der Waals surface area contributed by atoms with Gasteiger partial charge in [-0.1, -0.05) is 29.3 Å². The molecule has 4 nitrogen and oxygen atoms in total. The molecule has 0 atom stereocenters. The number of hydrogen-bond acceptors (Lipinski definition) is 3. The van der Waals surface area contributed by atoms with Gasteiger partial charge in [0.05, 0.1) is 13.2 Å². The highest BCUT2D eigenvalue weighted by Gasteiger charge is 2.22. The van der Waals surface area contributed by atoms with Crippen molar-refractivity contribution in [1.29, 1.82) is 0 Å². The molecule has 1 rings (SSSR count). The molecule has 1 aromatic rings. The number of nitrogens with zero attached hydrogens (tertiary/aromatic N) is 1. The lowest BCUT2D eigenvalue weighted by Gasteiger charge is -2.27. The van der Waals surface area contributed by atoms with Crippen molar-refractivity contribution >= 4 is 29.3 Å². The topological polar surface area (TPSA) is 49.8 Å². The van der Waals surface area contributed by atoms with Crippen LogP contribution >= 0.6 is 23.2 Å². The largest absolute Gasteiger partial charge is 0.444 e. The molecule has 6 heteroatoms. The van der Waals surface area contributed by atoms with Gasteiger partial charge in [-0.3, -0.25) is 0 Å². The lowest BCUT2D eigenvalue weighted by atomic mass is 10.2. The molecule has 0 spiro atoms. The Morgan fingerprint density at radius 3 is 2.50 bits per heavy atom. The Morgan fingerprint density at radius 1 is 1.35 bits per heavy atom. The van der Waals surface area contributed by atoms with Crippen LogP contribution in [-0.2, 0) is 11.3 Å². The first-order valence-electron chi connectivity index (χ1n) is 6.25. The average Bonchev–Trinajstić information content (AvgIpc) is 2.29. The van der Waals surface area contributed by atoms with Crippen molar-refractivity contribution in [3.05, 3.63) is 33.8 Å². The van der Waals surface area contributed by atoms with Crippen LogP contribution in [0.2, 0.25) is 10.0 Å². The van der Waals surface area contributed by atoms with E-state index in [9.17, 15) is 4.79 Å². The van der Waals surface area contributed by atoms with Crippen molar-refractivity contribution < 1.29 is 14.6 Å². The van der Waals surface area contributed by atoms with Gasteiger partial charge in [-0.05, 0) is 38.5 Å². The lowest BCUT2D eigenvalue weighted by molar-refractivity contribution is 0.0202. The Bertz CT molecular complexity index is 472. The number of aliphatic hydroxyl groups excluding tert-OH is 1. The summed E-state index contributed by atoms with van der Waals surface area (Å²) in [6.45, 7) is 5.65. The fraction of sp³-hybridized carbons (Fsp3) is 0.500. The number of aliphatic hydroxyl groups is 1. The highest BCUT2D eigenvalue weighted by atomic mass is 35.5. The second-order valence-corrected chi connectivity index (χ2v) is 6.20. The summed E-state index contributed by atoms with van der Waals surface area (Å²) in [4.78, 5) is 13.5. The fourth-order valence-corrected chi connectivity index (χ4v) is 2.01. The van der Waals surface area contributed by atoms with Gasteiger partial charge in [-0.15, -0.1) is 0 Å². The summed E-state index contributed by atoms with van der Waals surface area (Å²) >= 11 is 11.9. The molecular weight excluding hydrogens is 301 g/mol. The molecule has 0 bridgehead atoms. The molecule has 1 aromatic carbocycles. The van der Waals surface area contributed by atoms with E-state index >= 15 is 0 Å². The van der Waals surface area contributed by atoms with Crippen molar-refractivity contribution in [3.63, 3.8) is 0 Å². The molecule has 0 heterocycles. The van der Waals surface area contributed by atoms with Crippen molar-refractivity contribution in [2.75, 3.05) is 13.2 Å². The maximum atomic E-state index is 12.1. The molecule has 20 heavy (non-hydrogen) atoms. The predicted octanol–water partition coefficient (Wildman–Crippen LogP) is 3.72. The van der Waals surface area contributed by atoms with E-state index in [1.807, 2.05) is 0 Å². The van der Waals surface area contributed by atoms with Gasteiger partial charge in [0, 0.05) is 16.6 Å². The Hall–Kier alpha value is -0.970. The van der Waals surface area contributed by atoms with E-state index in [2.05, 4.69) is 0 Å². The monoisotopic (exact) mass is 319 g/mol. The lowest BCUT2D eigenvalue weighted by Crippen LogP contribution is -2.38. The molecule has 0 aliphatic carbocycles. The molecule has 1 N–H and O–H groups in total. The van der Waals surface area contributed by atoms with Gasteiger partial charge in [0.15, 0.2) is 0 Å². The fourth-order valence-electron chi connectivity index (χ4n) is 1.54. The highest BCUT2D eigenvalue weighted by molar-refractivity contribution is 6.35. The van der Waals surface area contributed by atoms with E-state index < -0.39 is 11.7 Å². The number of carbonyl (C=O) groups is 1. The van der Waals surface area contributed by atoms with E-state index in [4.69, 9.17) is 33.0 Å². The Labute approximate surface area is 129 Å². The third kappa shape index (κ3) is 5.57. The van der Waals surface area contributed by atoms with Crippen LogP contribution in [0.15, 0.2) is 18.2 Å². The molecule has 0 saturated heterocycles. The first kappa shape index (κ1) is 17.1. The zero-order chi connectivity index (χ0) is 15.3. The summed E-state index contributed by atoms with van der Waals surface area (Å²) in [5.41, 5.74) is 0.157. The molecule has 0 radical (unpaired) electrons. The van der Waals surface area contributed by atoms with Crippen LogP contribution in [-0.4, -0.2) is 34.9 Å². The summed E-state index contributed by atoms with van der Waals surface area (Å²) in [7, 11) is 0. The molecule has 0 aromatic heterocycles. The van der Waals surface area contributed by atoms with Crippen molar-refractivity contribution in [2.24, 2.45) is 0 Å². The summed E-state index contributed by atoms with van der Waals surface area (Å²) in [5.74, 6) is 0. The first-order valence-corrected chi connectivity index (χ1v) is 7.01. The minimum Gasteiger partial charge on any atom is -0.444 e. The number of carbonyl (C=O) groups excluding carboxylic acids is 1. The Balaban J connectivity index is 2.83. The number of hydrogen-bond donors (Lipinski definition) is 1. The third-order valence-corrected chi connectivity index (χ3v) is 2.98. The molecule has 112 valence electrons. The number of halogens is 2. The SMILES string of the molecule is CC(C)(C)OC(=O)N(CCO)Cc1ccc(Cl)cc1Cl. The average molecular weight is 320 g/mol. The number of amides is 1. The van der Waals surface area contributed by atoms with Crippen LogP contribution in [0.25, 0.3) is 0 Å². The van der Waals surface area contributed by atoms with Gasteiger partial charge in [0.2, 0.25) is 0 Å². The van der Waals surface area contributed by atoms with Crippen LogP contribution in [0, 0.1) is 0 Å². The minimum absolute atomic E-state index is 0.148. The maximum absolute atomic E-state index is 12.1. The van der Waals surface area contributed by atoms with E-state index in [0.29, 0.717) is 10.0 Å². The van der Waals surface area contributed by atoms with Gasteiger partial charge in [-0.2, -0.15) is 0 Å². The summed E-state index contributed by atoms with van der Waals surface area (Å²) in [6.07, 6.45) is -0.488. The molecule has 0 aliphatic heterocycles. The van der Waals surface area contributed by atoms with Crippen molar-refractivity contribution in [3.8, 4) is 0 Å². The second-order valence-electron chi connectivity index (χ2n) is 5.36. The summed E-state index contributed by atoms with van der Waals surface area (Å²) in [6, 6.07) is 5.07. The van der Waals surface area contributed by atoms with E-state index in [1.54, 1.807) is 39.0 Å². The smallest absolute Gasteiger partial charge is 0.410 e. The van der Waals surface area contributed by atoms with Crippen molar-refractivity contribution in [2.45, 2.75) is 32.9 Å². The third-order valence-electron chi connectivity index (χ3n) is 2.40. The van der Waals surface area contributed by atoms with Gasteiger partial charge < -0.3 is 14.7 Å². The van der Waals surface area contributed by atoms with Gasteiger partial charge >= 0.3 is 6.09 Å². The minimum atomic E-state index is -0.589. The van der Waals surface area contributed by atoms with Crippen LogP contribution in [0.4, 0.5) is 4.79 Å². The van der Waals surface area contributed by atoms with E-state index in [0.717, 1.165) is 5.56 Å². The summed E-state index contributed by atoms with van der Waals surface area (Å²) in [5, 5.41) is 10.1. The van der Waals surface area contributed by atoms with Crippen LogP contribution < -0.4 is 0 Å². The first-order chi connectivity index (χ1) is 9.23. The highest BCUT2D eigenvalue weighted by Crippen LogP contribution is 2.23. The zero-order valence-electron chi connectivity index (χ0n) is 11.8. The van der Waals surface area contributed by atoms with Crippen molar-refractivity contribution in [1.82, 2.24) is 4.90 Å². The van der Waals surface area contributed by atoms with Gasteiger partial charge in [0.25, 0.3) is 0 Å². The van der Waals surface area contributed by atoms with Crippen LogP contribution in [0.5, 0.6) is 0 Å². The van der Waals surface area contributed by atoms with Gasteiger partial charge in [-0.25, -0.2) is 4.79 Å². The Kier molecular flexibility index (Phi) is 6.11. The van der Waals surface area contributed by atoms with Crippen LogP contribution in [0.1, 0.15) is 26.3 Å². The molecule has 0 saturated carbocycles. The molecule has 0 unspecified atom stereocenters. The summed E-state index contributed by atoms with van der Waals surface area (Å²) < 4.78 is 5.29. The van der Waals surface area contributed by atoms with Crippen LogP contribution in [0.3, 0.4) is 0 Å². The van der Waals surface area contributed by atoms with E-state index in [-0.39, 0.29) is 19.7 Å². The standard InChI is InChI=1S/C14H19Cl2NO3/c1-14(2,3)20-13(19)17(6-7-18)9-10-4-5-11(15)8-12(10)16/h4-5,8,18H,6-7,9H2,1-3H3. The molecule has 1 amide bonds. The maximum Gasteiger partial charge on any atom is 0.410 e. The molecule has 0 aliphatic rings. The van der Waals surface area contributed by atoms with E-state index in [1.165, 1.54) is 4.90 Å². The quantitative estimate of drug-likeness (QED) is 0.920. The molecule has 0 fully saturated rings. The number of rotatable bonds is 4.